The molecule has 1 fully saturated rings. The number of rotatable bonds is 6. The molecule has 198 valence electrons. The molecule has 0 atom stereocenters. The van der Waals surface area contributed by atoms with Crippen molar-refractivity contribution in [3.63, 3.8) is 0 Å². The second kappa shape index (κ2) is 9.04. The number of fused-ring (bicyclic) bond motifs is 3. The highest BCUT2D eigenvalue weighted by atomic mass is 19.4. The molecule has 0 saturated heterocycles. The first-order valence-electron chi connectivity index (χ1n) is 12.1. The van der Waals surface area contributed by atoms with Crippen LogP contribution < -0.4 is 0 Å². The molecule has 0 aliphatic heterocycles. The average Bonchev–Trinajstić information content (AvgIpc) is 3.25. The molecule has 0 amide bonds. The molecular weight excluding hydrogens is 496 g/mol. The minimum absolute atomic E-state index is 0.0262. The third-order valence-corrected chi connectivity index (χ3v) is 7.02. The van der Waals surface area contributed by atoms with Gasteiger partial charge in [-0.05, 0) is 62.8 Å². The van der Waals surface area contributed by atoms with Crippen LogP contribution in [0, 0.1) is 26.7 Å². The molecule has 0 radical (unpaired) electrons. The van der Waals surface area contributed by atoms with Crippen molar-refractivity contribution in [3.05, 3.63) is 58.5 Å². The van der Waals surface area contributed by atoms with E-state index >= 15 is 0 Å². The van der Waals surface area contributed by atoms with E-state index in [9.17, 15) is 26.3 Å². The second-order valence-electron chi connectivity index (χ2n) is 10.1. The maximum atomic E-state index is 14.3. The maximum absolute atomic E-state index is 14.3. The Hall–Kier alpha value is -3.08. The molecule has 11 heteroatoms. The van der Waals surface area contributed by atoms with E-state index < -0.39 is 31.1 Å². The fourth-order valence-electron chi connectivity index (χ4n) is 5.47. The largest absolute Gasteiger partial charge is 0.435 e. The Morgan fingerprint density at radius 3 is 2.27 bits per heavy atom. The van der Waals surface area contributed by atoms with Gasteiger partial charge in [0.2, 0.25) is 5.78 Å². The highest BCUT2D eigenvalue weighted by Crippen LogP contribution is 2.38. The van der Waals surface area contributed by atoms with Crippen LogP contribution in [0.4, 0.5) is 26.3 Å². The summed E-state index contributed by atoms with van der Waals surface area (Å²) < 4.78 is 86.2. The van der Waals surface area contributed by atoms with E-state index in [2.05, 4.69) is 9.97 Å². The number of aryl methyl sites for hydroxylation is 3. The molecule has 0 N–H and O–H groups in total. The molecule has 0 bridgehead atoms. The van der Waals surface area contributed by atoms with Crippen LogP contribution in [0.3, 0.4) is 0 Å². The molecule has 1 saturated carbocycles. The molecule has 5 rings (SSSR count). The van der Waals surface area contributed by atoms with E-state index in [1.165, 1.54) is 10.6 Å². The molecule has 1 aromatic carbocycles. The summed E-state index contributed by atoms with van der Waals surface area (Å²) in [4.78, 5) is 9.53. The van der Waals surface area contributed by atoms with Gasteiger partial charge in [-0.15, -0.1) is 0 Å². The number of nitrogens with zero attached hydrogens (tertiary/aromatic N) is 5. The first-order chi connectivity index (χ1) is 17.3. The molecule has 0 spiro atoms. The fourth-order valence-corrected chi connectivity index (χ4v) is 5.47. The monoisotopic (exact) mass is 523 g/mol. The molecular formula is C26H27F6N5. The van der Waals surface area contributed by atoms with Crippen LogP contribution in [0.15, 0.2) is 30.5 Å². The highest BCUT2D eigenvalue weighted by Gasteiger charge is 2.41. The number of hydrogen-bond donors (Lipinski definition) is 0. The SMILES string of the molecule is Cc1cc(C)c(-n2c3ncccc3n3c(CN(CC4CCC4)CC(F)(F)F)c(C(F)(F)F)nc23)c(C)c1. The van der Waals surface area contributed by atoms with Gasteiger partial charge in [0.05, 0.1) is 23.4 Å². The number of hydrogen-bond acceptors (Lipinski definition) is 3. The number of alkyl halides is 6. The Morgan fingerprint density at radius 1 is 1.03 bits per heavy atom. The standard InChI is InChI=1S/C26H27F6N5/c1-15-10-16(2)21(17(3)11-15)37-23-19(8-5-9-33-23)36-20(22(26(30,31)32)34-24(36)37)13-35(14-25(27,28)29)12-18-6-4-7-18/h5,8-11,18H,4,6-7,12-14H2,1-3H3. The van der Waals surface area contributed by atoms with E-state index in [1.807, 2.05) is 32.9 Å². The van der Waals surface area contributed by atoms with E-state index in [1.54, 1.807) is 16.7 Å². The fraction of sp³-hybridized carbons (Fsp3) is 0.462. The van der Waals surface area contributed by atoms with Crippen LogP contribution >= 0.6 is 0 Å². The number of halogens is 6. The van der Waals surface area contributed by atoms with Crippen molar-refractivity contribution >= 4 is 16.9 Å². The summed E-state index contributed by atoms with van der Waals surface area (Å²) in [6, 6.07) is 7.06. The minimum Gasteiger partial charge on any atom is -0.289 e. The Bertz CT molecular complexity index is 1440. The summed E-state index contributed by atoms with van der Waals surface area (Å²) in [5.74, 6) is 0.0163. The van der Waals surface area contributed by atoms with Crippen LogP contribution in [-0.4, -0.2) is 43.1 Å². The summed E-state index contributed by atoms with van der Waals surface area (Å²) in [6.45, 7) is 3.90. The van der Waals surface area contributed by atoms with Gasteiger partial charge in [0.1, 0.15) is 0 Å². The summed E-state index contributed by atoms with van der Waals surface area (Å²) in [6.07, 6.45) is -5.39. The lowest BCUT2D eigenvalue weighted by Crippen LogP contribution is -2.39. The highest BCUT2D eigenvalue weighted by molar-refractivity contribution is 5.81. The first kappa shape index (κ1) is 25.6. The van der Waals surface area contributed by atoms with E-state index in [-0.39, 0.29) is 23.9 Å². The number of benzene rings is 1. The Labute approximate surface area is 209 Å². The Balaban J connectivity index is 1.76. The van der Waals surface area contributed by atoms with Gasteiger partial charge in [-0.2, -0.15) is 26.3 Å². The van der Waals surface area contributed by atoms with Gasteiger partial charge in [0.25, 0.3) is 0 Å². The van der Waals surface area contributed by atoms with Crippen LogP contribution in [0.2, 0.25) is 0 Å². The van der Waals surface area contributed by atoms with Gasteiger partial charge in [-0.3, -0.25) is 13.9 Å². The van der Waals surface area contributed by atoms with Gasteiger partial charge in [-0.1, -0.05) is 24.1 Å². The minimum atomic E-state index is -4.85. The third-order valence-electron chi connectivity index (χ3n) is 7.02. The van der Waals surface area contributed by atoms with Gasteiger partial charge in [0, 0.05) is 19.3 Å². The predicted octanol–water partition coefficient (Wildman–Crippen LogP) is 6.78. The van der Waals surface area contributed by atoms with Crippen LogP contribution in [0.5, 0.6) is 0 Å². The number of pyridine rings is 1. The molecule has 0 unspecified atom stereocenters. The summed E-state index contributed by atoms with van der Waals surface area (Å²) in [5, 5.41) is 0. The van der Waals surface area contributed by atoms with Gasteiger partial charge in [0.15, 0.2) is 11.3 Å². The average molecular weight is 524 g/mol. The number of imidazole rings is 2. The lowest BCUT2D eigenvalue weighted by molar-refractivity contribution is -0.150. The molecule has 4 aromatic rings. The summed E-state index contributed by atoms with van der Waals surface area (Å²) in [7, 11) is 0. The smallest absolute Gasteiger partial charge is 0.289 e. The molecule has 1 aliphatic carbocycles. The van der Waals surface area contributed by atoms with Crippen molar-refractivity contribution < 1.29 is 26.3 Å². The van der Waals surface area contributed by atoms with Crippen LogP contribution in [0.25, 0.3) is 22.6 Å². The zero-order valence-corrected chi connectivity index (χ0v) is 20.7. The first-order valence-corrected chi connectivity index (χ1v) is 12.1. The van der Waals surface area contributed by atoms with Gasteiger partial charge in [-0.25, -0.2) is 9.97 Å². The maximum Gasteiger partial charge on any atom is 0.435 e. The lowest BCUT2D eigenvalue weighted by atomic mass is 9.85. The zero-order chi connectivity index (χ0) is 26.7. The summed E-state index contributed by atoms with van der Waals surface area (Å²) in [5.41, 5.74) is 2.54. The third kappa shape index (κ3) is 4.81. The van der Waals surface area contributed by atoms with Gasteiger partial charge < -0.3 is 0 Å². The van der Waals surface area contributed by atoms with Gasteiger partial charge >= 0.3 is 12.4 Å². The molecule has 5 nitrogen and oxygen atoms in total. The lowest BCUT2D eigenvalue weighted by Gasteiger charge is -2.32. The molecule has 37 heavy (non-hydrogen) atoms. The Morgan fingerprint density at radius 2 is 1.70 bits per heavy atom. The summed E-state index contributed by atoms with van der Waals surface area (Å²) >= 11 is 0. The quantitative estimate of drug-likeness (QED) is 0.262. The van der Waals surface area contributed by atoms with E-state index in [0.29, 0.717) is 16.9 Å². The topological polar surface area (TPSA) is 38.4 Å². The van der Waals surface area contributed by atoms with Crippen molar-refractivity contribution in [2.45, 2.75) is 58.9 Å². The van der Waals surface area contributed by atoms with Crippen LogP contribution in [0.1, 0.15) is 47.3 Å². The van der Waals surface area contributed by atoms with Crippen molar-refractivity contribution in [2.24, 2.45) is 5.92 Å². The molecule has 3 aromatic heterocycles. The second-order valence-corrected chi connectivity index (χ2v) is 10.1. The molecule has 1 aliphatic rings. The van der Waals surface area contributed by atoms with Crippen molar-refractivity contribution in [1.82, 2.24) is 23.8 Å². The number of aromatic nitrogens is 4. The van der Waals surface area contributed by atoms with E-state index in [4.69, 9.17) is 0 Å². The van der Waals surface area contributed by atoms with Crippen molar-refractivity contribution in [2.75, 3.05) is 13.1 Å². The van der Waals surface area contributed by atoms with Crippen LogP contribution in [-0.2, 0) is 12.7 Å². The Kier molecular flexibility index (Phi) is 6.24. The zero-order valence-electron chi connectivity index (χ0n) is 20.7. The molecule has 3 heterocycles. The normalized spacial score (nSPS) is 15.3. The van der Waals surface area contributed by atoms with Crippen molar-refractivity contribution in [1.29, 1.82) is 0 Å². The predicted molar refractivity (Wildman–Crippen MR) is 128 cm³/mol. The van der Waals surface area contributed by atoms with Crippen molar-refractivity contribution in [3.8, 4) is 5.69 Å². The van der Waals surface area contributed by atoms with E-state index in [0.717, 1.165) is 40.9 Å².